The molecule has 0 aliphatic carbocycles. The Morgan fingerprint density at radius 1 is 1.17 bits per heavy atom. The highest BCUT2D eigenvalue weighted by molar-refractivity contribution is 5.61. The van der Waals surface area contributed by atoms with Crippen molar-refractivity contribution in [2.45, 2.75) is 46.8 Å². The number of imidazole rings is 1. The van der Waals surface area contributed by atoms with E-state index in [4.69, 9.17) is 0 Å². The van der Waals surface area contributed by atoms with E-state index in [1.54, 1.807) is 6.20 Å². The number of nitrogens with one attached hydrogen (secondary N) is 1. The molecule has 0 amide bonds. The summed E-state index contributed by atoms with van der Waals surface area (Å²) in [6, 6.07) is 1.92. The number of aromatic nitrogens is 6. The fraction of sp³-hybridized carbons (Fsp3) is 0.412. The van der Waals surface area contributed by atoms with Crippen molar-refractivity contribution in [2.24, 2.45) is 0 Å². The van der Waals surface area contributed by atoms with Crippen LogP contribution < -0.4 is 5.32 Å². The maximum atomic E-state index is 4.62. The SMILES string of the molecule is CCCn1ncc(-c2ccnc(NCc3nccn3CC)n2)c1C. The maximum Gasteiger partial charge on any atom is 0.223 e. The molecule has 0 aliphatic heterocycles. The van der Waals surface area contributed by atoms with Gasteiger partial charge < -0.3 is 9.88 Å². The van der Waals surface area contributed by atoms with E-state index in [1.807, 2.05) is 29.3 Å². The first-order chi connectivity index (χ1) is 11.7. The Bertz CT molecular complexity index is 803. The lowest BCUT2D eigenvalue weighted by atomic mass is 10.2. The van der Waals surface area contributed by atoms with Gasteiger partial charge in [-0.25, -0.2) is 15.0 Å². The summed E-state index contributed by atoms with van der Waals surface area (Å²) in [6.45, 7) is 8.73. The van der Waals surface area contributed by atoms with E-state index in [1.165, 1.54) is 0 Å². The molecule has 0 atom stereocenters. The Hall–Kier alpha value is -2.70. The molecule has 7 nitrogen and oxygen atoms in total. The van der Waals surface area contributed by atoms with Gasteiger partial charge in [0.15, 0.2) is 0 Å². The van der Waals surface area contributed by atoms with Gasteiger partial charge in [-0.1, -0.05) is 6.92 Å². The molecule has 3 heterocycles. The van der Waals surface area contributed by atoms with Crippen molar-refractivity contribution in [1.82, 2.24) is 29.3 Å². The number of hydrogen-bond acceptors (Lipinski definition) is 5. The number of aryl methyl sites for hydroxylation is 2. The van der Waals surface area contributed by atoms with Crippen molar-refractivity contribution >= 4 is 5.95 Å². The highest BCUT2D eigenvalue weighted by Crippen LogP contribution is 2.21. The zero-order valence-electron chi connectivity index (χ0n) is 14.4. The standard InChI is InChI=1S/C17H23N7/c1-4-9-24-13(3)14(11-21-24)15-6-7-19-17(22-15)20-12-16-18-8-10-23(16)5-2/h6-8,10-11H,4-5,9,12H2,1-3H3,(H,19,20,22). The summed E-state index contributed by atoms with van der Waals surface area (Å²) >= 11 is 0. The Kier molecular flexibility index (Phi) is 4.88. The summed E-state index contributed by atoms with van der Waals surface area (Å²) < 4.78 is 4.11. The van der Waals surface area contributed by atoms with Gasteiger partial charge >= 0.3 is 0 Å². The second-order valence-corrected chi connectivity index (χ2v) is 5.62. The molecule has 24 heavy (non-hydrogen) atoms. The van der Waals surface area contributed by atoms with Crippen LogP contribution in [0.25, 0.3) is 11.3 Å². The van der Waals surface area contributed by atoms with Gasteiger partial charge in [0.05, 0.1) is 18.4 Å². The topological polar surface area (TPSA) is 73.5 Å². The quantitative estimate of drug-likeness (QED) is 0.723. The molecule has 7 heteroatoms. The van der Waals surface area contributed by atoms with E-state index >= 15 is 0 Å². The normalized spacial score (nSPS) is 11.0. The van der Waals surface area contributed by atoms with Gasteiger partial charge in [0, 0.05) is 42.9 Å². The molecule has 3 rings (SSSR count). The molecule has 0 fully saturated rings. The van der Waals surface area contributed by atoms with Crippen molar-refractivity contribution in [3.05, 3.63) is 42.4 Å². The van der Waals surface area contributed by atoms with Gasteiger partial charge in [-0.3, -0.25) is 4.68 Å². The van der Waals surface area contributed by atoms with E-state index < -0.39 is 0 Å². The summed E-state index contributed by atoms with van der Waals surface area (Å²) in [4.78, 5) is 13.3. The van der Waals surface area contributed by atoms with Crippen molar-refractivity contribution in [2.75, 3.05) is 5.32 Å². The minimum atomic E-state index is 0.596. The lowest BCUT2D eigenvalue weighted by Gasteiger charge is -2.08. The van der Waals surface area contributed by atoms with Crippen molar-refractivity contribution in [3.63, 3.8) is 0 Å². The zero-order chi connectivity index (χ0) is 16.9. The third-order valence-corrected chi connectivity index (χ3v) is 4.02. The molecule has 1 N–H and O–H groups in total. The van der Waals surface area contributed by atoms with Crippen molar-refractivity contribution in [3.8, 4) is 11.3 Å². The predicted molar refractivity (Wildman–Crippen MR) is 93.5 cm³/mol. The lowest BCUT2D eigenvalue weighted by Crippen LogP contribution is -2.09. The van der Waals surface area contributed by atoms with Crippen LogP contribution in [0, 0.1) is 6.92 Å². The minimum absolute atomic E-state index is 0.596. The Balaban J connectivity index is 1.77. The third-order valence-electron chi connectivity index (χ3n) is 4.02. The van der Waals surface area contributed by atoms with E-state index in [9.17, 15) is 0 Å². The summed E-state index contributed by atoms with van der Waals surface area (Å²) in [5, 5.41) is 7.69. The fourth-order valence-electron chi connectivity index (χ4n) is 2.68. The molecule has 0 aromatic carbocycles. The number of nitrogens with zero attached hydrogens (tertiary/aromatic N) is 6. The van der Waals surface area contributed by atoms with Gasteiger partial charge in [-0.05, 0) is 26.3 Å². The van der Waals surface area contributed by atoms with Crippen LogP contribution in [0.2, 0.25) is 0 Å². The van der Waals surface area contributed by atoms with Crippen molar-refractivity contribution < 1.29 is 0 Å². The molecule has 0 aliphatic rings. The Labute approximate surface area is 141 Å². The molecule has 3 aromatic heterocycles. The summed E-state index contributed by atoms with van der Waals surface area (Å²) in [5.41, 5.74) is 3.05. The number of rotatable bonds is 7. The highest BCUT2D eigenvalue weighted by atomic mass is 15.3. The first-order valence-electron chi connectivity index (χ1n) is 8.32. The monoisotopic (exact) mass is 325 g/mol. The fourth-order valence-corrected chi connectivity index (χ4v) is 2.68. The van der Waals surface area contributed by atoms with Crippen LogP contribution >= 0.6 is 0 Å². The van der Waals surface area contributed by atoms with Crippen LogP contribution in [0.1, 0.15) is 31.8 Å². The molecular weight excluding hydrogens is 302 g/mol. The van der Waals surface area contributed by atoms with Crippen LogP contribution in [0.5, 0.6) is 0 Å². The van der Waals surface area contributed by atoms with Gasteiger partial charge in [-0.2, -0.15) is 5.10 Å². The number of hydrogen-bond donors (Lipinski definition) is 1. The average molecular weight is 325 g/mol. The van der Waals surface area contributed by atoms with E-state index in [0.717, 1.165) is 42.3 Å². The second-order valence-electron chi connectivity index (χ2n) is 5.62. The average Bonchev–Trinajstić information content (AvgIpc) is 3.20. The molecule has 0 unspecified atom stereocenters. The van der Waals surface area contributed by atoms with Gasteiger partial charge in [0.2, 0.25) is 5.95 Å². The second kappa shape index (κ2) is 7.25. The Morgan fingerprint density at radius 2 is 2.04 bits per heavy atom. The molecule has 0 saturated carbocycles. The molecule has 0 radical (unpaired) electrons. The van der Waals surface area contributed by atoms with Crippen molar-refractivity contribution in [1.29, 1.82) is 0 Å². The zero-order valence-corrected chi connectivity index (χ0v) is 14.4. The van der Waals surface area contributed by atoms with Crippen LogP contribution in [0.4, 0.5) is 5.95 Å². The highest BCUT2D eigenvalue weighted by Gasteiger charge is 2.11. The van der Waals surface area contributed by atoms with E-state index in [-0.39, 0.29) is 0 Å². The smallest absolute Gasteiger partial charge is 0.223 e. The molecular formula is C17H23N7. The molecule has 3 aromatic rings. The molecule has 0 spiro atoms. The predicted octanol–water partition coefficient (Wildman–Crippen LogP) is 2.89. The summed E-state index contributed by atoms with van der Waals surface area (Å²) in [5.74, 6) is 1.57. The molecule has 0 saturated heterocycles. The van der Waals surface area contributed by atoms with Gasteiger partial charge in [-0.15, -0.1) is 0 Å². The number of anilines is 1. The van der Waals surface area contributed by atoms with Gasteiger partial charge in [0.1, 0.15) is 5.82 Å². The summed E-state index contributed by atoms with van der Waals surface area (Å²) in [7, 11) is 0. The first-order valence-corrected chi connectivity index (χ1v) is 8.32. The van der Waals surface area contributed by atoms with Crippen LogP contribution in [-0.2, 0) is 19.6 Å². The maximum absolute atomic E-state index is 4.62. The largest absolute Gasteiger partial charge is 0.347 e. The third kappa shape index (κ3) is 3.29. The lowest BCUT2D eigenvalue weighted by molar-refractivity contribution is 0.587. The molecule has 126 valence electrons. The minimum Gasteiger partial charge on any atom is -0.347 e. The van der Waals surface area contributed by atoms with Crippen LogP contribution in [0.15, 0.2) is 30.9 Å². The van der Waals surface area contributed by atoms with Gasteiger partial charge in [0.25, 0.3) is 0 Å². The Morgan fingerprint density at radius 3 is 2.83 bits per heavy atom. The molecule has 0 bridgehead atoms. The van der Waals surface area contributed by atoms with Crippen LogP contribution in [0.3, 0.4) is 0 Å². The van der Waals surface area contributed by atoms with E-state index in [2.05, 4.69) is 50.7 Å². The van der Waals surface area contributed by atoms with Crippen LogP contribution in [-0.4, -0.2) is 29.3 Å². The summed E-state index contributed by atoms with van der Waals surface area (Å²) in [6.07, 6.45) is 8.49. The van der Waals surface area contributed by atoms with E-state index in [0.29, 0.717) is 12.5 Å². The first kappa shape index (κ1) is 16.2.